The Bertz CT molecular complexity index is 360. The van der Waals surface area contributed by atoms with Crippen LogP contribution < -0.4 is 16.4 Å². The molecule has 0 radical (unpaired) electrons. The fourth-order valence-electron chi connectivity index (χ4n) is 1.55. The van der Waals surface area contributed by atoms with Crippen LogP contribution in [0.1, 0.15) is 12.8 Å². The van der Waals surface area contributed by atoms with Crippen LogP contribution in [-0.2, 0) is 4.79 Å². The van der Waals surface area contributed by atoms with Crippen LogP contribution in [0, 0.1) is 0 Å². The summed E-state index contributed by atoms with van der Waals surface area (Å²) < 4.78 is 0. The van der Waals surface area contributed by atoms with Gasteiger partial charge in [-0.1, -0.05) is 12.7 Å². The number of nitrogens with two attached hydrogens (primary N) is 1. The molecule has 0 heterocycles. The van der Waals surface area contributed by atoms with Gasteiger partial charge in [0.1, 0.15) is 5.82 Å². The normalized spacial score (nSPS) is 15.5. The van der Waals surface area contributed by atoms with E-state index in [0.717, 1.165) is 12.8 Å². The highest BCUT2D eigenvalue weighted by Crippen LogP contribution is 2.24. The lowest BCUT2D eigenvalue weighted by atomic mass is 10.4. The lowest BCUT2D eigenvalue weighted by molar-refractivity contribution is -0.129. The van der Waals surface area contributed by atoms with Gasteiger partial charge in [-0.2, -0.15) is 0 Å². The minimum atomic E-state index is 0.141. The molecule has 4 N–H and O–H groups in total. The molecule has 1 rings (SSSR count). The fraction of sp³-hybridized carbons (Fsp3) is 0.538. The SMILES string of the molecule is C=C/C=N\C(=C/N)NCCNCC(=O)N(C)C1CC1. The zero-order valence-electron chi connectivity index (χ0n) is 11.4. The van der Waals surface area contributed by atoms with Crippen molar-refractivity contribution in [1.29, 1.82) is 0 Å². The minimum absolute atomic E-state index is 0.141. The van der Waals surface area contributed by atoms with E-state index in [1.54, 1.807) is 12.3 Å². The molecule has 1 saturated carbocycles. The molecule has 0 saturated heterocycles. The van der Waals surface area contributed by atoms with Gasteiger partial charge in [0.05, 0.1) is 6.54 Å². The Labute approximate surface area is 114 Å². The number of hydrogen-bond acceptors (Lipinski definition) is 5. The van der Waals surface area contributed by atoms with Gasteiger partial charge in [0.25, 0.3) is 0 Å². The summed E-state index contributed by atoms with van der Waals surface area (Å²) in [5.74, 6) is 0.727. The van der Waals surface area contributed by atoms with Crippen molar-refractivity contribution in [3.8, 4) is 0 Å². The first-order valence-corrected chi connectivity index (χ1v) is 6.46. The van der Waals surface area contributed by atoms with Crippen LogP contribution in [0.4, 0.5) is 0 Å². The van der Waals surface area contributed by atoms with Crippen molar-refractivity contribution in [3.05, 3.63) is 24.7 Å². The first kappa shape index (κ1) is 15.2. The van der Waals surface area contributed by atoms with Gasteiger partial charge in [0.2, 0.25) is 5.91 Å². The number of aliphatic imine (C=N–C) groups is 1. The summed E-state index contributed by atoms with van der Waals surface area (Å²) in [6.45, 7) is 5.22. The van der Waals surface area contributed by atoms with Gasteiger partial charge in [-0.3, -0.25) is 4.79 Å². The molecule has 6 nitrogen and oxygen atoms in total. The van der Waals surface area contributed by atoms with E-state index in [1.165, 1.54) is 6.20 Å². The first-order chi connectivity index (χ1) is 9.19. The number of hydrogen-bond donors (Lipinski definition) is 3. The van der Waals surface area contributed by atoms with Gasteiger partial charge in [-0.25, -0.2) is 4.99 Å². The van der Waals surface area contributed by atoms with Crippen molar-refractivity contribution in [2.75, 3.05) is 26.7 Å². The molecule has 0 aromatic rings. The predicted octanol–water partition coefficient (Wildman–Crippen LogP) is -0.199. The van der Waals surface area contributed by atoms with Crippen molar-refractivity contribution in [2.45, 2.75) is 18.9 Å². The molecule has 1 aliphatic carbocycles. The molecule has 1 amide bonds. The standard InChI is InChI=1S/C13H23N5O/c1-3-6-16-12(9-14)17-8-7-15-10-13(19)18(2)11-4-5-11/h3,6,9,11,15,17H,1,4-5,7-8,10,14H2,2H3/b12-9+,16-6-. The summed E-state index contributed by atoms with van der Waals surface area (Å²) in [6, 6.07) is 0.465. The molecule has 6 heteroatoms. The third-order valence-electron chi connectivity index (χ3n) is 2.85. The highest BCUT2D eigenvalue weighted by molar-refractivity contribution is 5.78. The van der Waals surface area contributed by atoms with Crippen LogP contribution in [0.5, 0.6) is 0 Å². The summed E-state index contributed by atoms with van der Waals surface area (Å²) in [5, 5.41) is 6.14. The molecule has 0 aliphatic heterocycles. The first-order valence-electron chi connectivity index (χ1n) is 6.46. The van der Waals surface area contributed by atoms with Crippen LogP contribution >= 0.6 is 0 Å². The lowest BCUT2D eigenvalue weighted by Crippen LogP contribution is -2.38. The summed E-state index contributed by atoms with van der Waals surface area (Å²) >= 11 is 0. The second kappa shape index (κ2) is 8.31. The Balaban J connectivity index is 2.08. The molecule has 0 bridgehead atoms. The maximum Gasteiger partial charge on any atom is 0.236 e. The summed E-state index contributed by atoms with van der Waals surface area (Å²) in [4.78, 5) is 17.5. The van der Waals surface area contributed by atoms with Gasteiger partial charge >= 0.3 is 0 Å². The quantitative estimate of drug-likeness (QED) is 0.398. The van der Waals surface area contributed by atoms with Crippen LogP contribution in [-0.4, -0.2) is 49.7 Å². The van der Waals surface area contributed by atoms with E-state index in [-0.39, 0.29) is 5.91 Å². The molecule has 0 atom stereocenters. The Morgan fingerprint density at radius 2 is 2.26 bits per heavy atom. The second-order valence-electron chi connectivity index (χ2n) is 4.41. The highest BCUT2D eigenvalue weighted by Gasteiger charge is 2.28. The van der Waals surface area contributed by atoms with E-state index in [0.29, 0.717) is 31.5 Å². The molecule has 1 aliphatic rings. The van der Waals surface area contributed by atoms with E-state index < -0.39 is 0 Å². The van der Waals surface area contributed by atoms with Gasteiger partial charge in [0, 0.05) is 38.6 Å². The topological polar surface area (TPSA) is 82.7 Å². The second-order valence-corrected chi connectivity index (χ2v) is 4.41. The number of rotatable bonds is 9. The van der Waals surface area contributed by atoms with E-state index in [9.17, 15) is 4.79 Å². The van der Waals surface area contributed by atoms with Crippen LogP contribution in [0.15, 0.2) is 29.7 Å². The maximum absolute atomic E-state index is 11.7. The van der Waals surface area contributed by atoms with Gasteiger partial charge in [-0.05, 0) is 12.8 Å². The van der Waals surface area contributed by atoms with E-state index in [1.807, 2.05) is 11.9 Å². The number of amides is 1. The Kier molecular flexibility index (Phi) is 6.67. The molecule has 0 aromatic carbocycles. The molecule has 0 spiro atoms. The molecule has 0 unspecified atom stereocenters. The highest BCUT2D eigenvalue weighted by atomic mass is 16.2. The number of carbonyl (C=O) groups excluding carboxylic acids is 1. The van der Waals surface area contributed by atoms with Crippen LogP contribution in [0.3, 0.4) is 0 Å². The lowest BCUT2D eigenvalue weighted by Gasteiger charge is -2.16. The fourth-order valence-corrected chi connectivity index (χ4v) is 1.55. The largest absolute Gasteiger partial charge is 0.402 e. The van der Waals surface area contributed by atoms with Gasteiger partial charge in [0.15, 0.2) is 0 Å². The summed E-state index contributed by atoms with van der Waals surface area (Å²) in [6.07, 6.45) is 6.81. The van der Waals surface area contributed by atoms with E-state index in [4.69, 9.17) is 5.73 Å². The average Bonchev–Trinajstić information content (AvgIpc) is 3.25. The third kappa shape index (κ3) is 6.05. The molecule has 19 heavy (non-hydrogen) atoms. The minimum Gasteiger partial charge on any atom is -0.402 e. The zero-order chi connectivity index (χ0) is 14.1. The Hall–Kier alpha value is -1.82. The third-order valence-corrected chi connectivity index (χ3v) is 2.85. The Morgan fingerprint density at radius 3 is 2.84 bits per heavy atom. The predicted molar refractivity (Wildman–Crippen MR) is 77.6 cm³/mol. The van der Waals surface area contributed by atoms with Crippen LogP contribution in [0.2, 0.25) is 0 Å². The molecular formula is C13H23N5O. The zero-order valence-corrected chi connectivity index (χ0v) is 11.4. The molecular weight excluding hydrogens is 242 g/mol. The molecule has 106 valence electrons. The van der Waals surface area contributed by atoms with Crippen LogP contribution in [0.25, 0.3) is 0 Å². The van der Waals surface area contributed by atoms with Crippen molar-refractivity contribution < 1.29 is 4.79 Å². The molecule has 0 aromatic heterocycles. The number of nitrogens with zero attached hydrogens (tertiary/aromatic N) is 2. The summed E-state index contributed by atoms with van der Waals surface area (Å²) in [7, 11) is 1.86. The van der Waals surface area contributed by atoms with Gasteiger partial charge in [-0.15, -0.1) is 0 Å². The van der Waals surface area contributed by atoms with Crippen molar-refractivity contribution in [3.63, 3.8) is 0 Å². The van der Waals surface area contributed by atoms with Crippen molar-refractivity contribution >= 4 is 12.1 Å². The van der Waals surface area contributed by atoms with E-state index in [2.05, 4.69) is 22.2 Å². The number of carbonyl (C=O) groups is 1. The number of allylic oxidation sites excluding steroid dienone is 1. The molecule has 1 fully saturated rings. The maximum atomic E-state index is 11.7. The van der Waals surface area contributed by atoms with Crippen molar-refractivity contribution in [2.24, 2.45) is 10.7 Å². The smallest absolute Gasteiger partial charge is 0.236 e. The number of likely N-dealkylation sites (N-methyl/N-ethyl adjacent to an activating group) is 1. The Morgan fingerprint density at radius 1 is 1.53 bits per heavy atom. The van der Waals surface area contributed by atoms with E-state index >= 15 is 0 Å². The monoisotopic (exact) mass is 265 g/mol. The average molecular weight is 265 g/mol. The summed E-state index contributed by atoms with van der Waals surface area (Å²) in [5.41, 5.74) is 5.40. The van der Waals surface area contributed by atoms with Gasteiger partial charge < -0.3 is 21.3 Å². The van der Waals surface area contributed by atoms with Crippen molar-refractivity contribution in [1.82, 2.24) is 15.5 Å². The number of nitrogens with one attached hydrogen (secondary N) is 2.